The number of aromatic nitrogens is 2. The van der Waals surface area contributed by atoms with Crippen LogP contribution >= 0.6 is 0 Å². The Morgan fingerprint density at radius 1 is 1.67 bits per heavy atom. The van der Waals surface area contributed by atoms with Crippen LogP contribution in [0.2, 0.25) is 0 Å². The highest BCUT2D eigenvalue weighted by atomic mass is 32.2. The van der Waals surface area contributed by atoms with E-state index in [-0.39, 0.29) is 22.7 Å². The second-order valence-corrected chi connectivity index (χ2v) is 5.67. The highest BCUT2D eigenvalue weighted by Gasteiger charge is 2.42. The Morgan fingerprint density at radius 3 is 2.87 bits per heavy atom. The molecule has 1 aromatic heterocycles. The Hall–Kier alpha value is -0.920. The van der Waals surface area contributed by atoms with Crippen molar-refractivity contribution >= 4 is 10.0 Å². The van der Waals surface area contributed by atoms with Gasteiger partial charge in [-0.2, -0.15) is 5.10 Å². The fourth-order valence-electron chi connectivity index (χ4n) is 1.31. The second kappa shape index (κ2) is 3.29. The van der Waals surface area contributed by atoms with Crippen molar-refractivity contribution in [2.45, 2.75) is 36.9 Å². The molecule has 0 aromatic carbocycles. The average Bonchev–Trinajstić information content (AvgIpc) is 2.70. The molecule has 0 unspecified atom stereocenters. The molecule has 0 saturated heterocycles. The summed E-state index contributed by atoms with van der Waals surface area (Å²) in [6.07, 6.45) is 2.99. The van der Waals surface area contributed by atoms with Gasteiger partial charge in [0, 0.05) is 11.1 Å². The third-order valence-corrected chi connectivity index (χ3v) is 4.15. The molecule has 3 N–H and O–H groups in total. The zero-order valence-corrected chi connectivity index (χ0v) is 9.13. The van der Waals surface area contributed by atoms with Crippen molar-refractivity contribution in [1.29, 1.82) is 0 Å². The number of aliphatic hydroxyl groups excluding tert-OH is 1. The summed E-state index contributed by atoms with van der Waals surface area (Å²) in [4.78, 5) is 0. The Kier molecular flexibility index (Phi) is 2.32. The quantitative estimate of drug-likeness (QED) is 0.665. The molecule has 0 radical (unpaired) electrons. The summed E-state index contributed by atoms with van der Waals surface area (Å²) in [7, 11) is -3.58. The summed E-state index contributed by atoms with van der Waals surface area (Å²) < 4.78 is 26.2. The molecular weight excluding hydrogens is 218 g/mol. The molecule has 15 heavy (non-hydrogen) atoms. The number of hydrogen-bond donors (Lipinski definition) is 3. The molecule has 84 valence electrons. The first-order valence-electron chi connectivity index (χ1n) is 4.64. The Bertz CT molecular complexity index is 461. The maximum absolute atomic E-state index is 11.8. The molecule has 0 atom stereocenters. The summed E-state index contributed by atoms with van der Waals surface area (Å²) in [5.41, 5.74) is -0.0387. The van der Waals surface area contributed by atoms with E-state index in [0.29, 0.717) is 0 Å². The fraction of sp³-hybridized carbons (Fsp3) is 0.625. The van der Waals surface area contributed by atoms with E-state index >= 15 is 0 Å². The van der Waals surface area contributed by atoms with Crippen molar-refractivity contribution in [2.75, 3.05) is 0 Å². The topological polar surface area (TPSA) is 95.1 Å². The van der Waals surface area contributed by atoms with Crippen molar-refractivity contribution in [2.24, 2.45) is 0 Å². The lowest BCUT2D eigenvalue weighted by molar-refractivity contribution is 0.278. The molecule has 0 bridgehead atoms. The molecule has 1 aromatic rings. The fourth-order valence-corrected chi connectivity index (χ4v) is 2.90. The van der Waals surface area contributed by atoms with E-state index in [2.05, 4.69) is 14.9 Å². The summed E-state index contributed by atoms with van der Waals surface area (Å²) in [5.74, 6) is 0. The van der Waals surface area contributed by atoms with Crippen LogP contribution in [0.15, 0.2) is 11.2 Å². The van der Waals surface area contributed by atoms with Crippen LogP contribution in [0.1, 0.15) is 25.3 Å². The van der Waals surface area contributed by atoms with Gasteiger partial charge in [0.15, 0.2) is 5.03 Å². The Labute approximate surface area is 87.8 Å². The van der Waals surface area contributed by atoms with Crippen LogP contribution in [-0.2, 0) is 16.6 Å². The van der Waals surface area contributed by atoms with E-state index in [1.807, 2.05) is 6.92 Å². The van der Waals surface area contributed by atoms with Crippen molar-refractivity contribution in [3.8, 4) is 0 Å². The molecule has 1 aliphatic rings. The third kappa shape index (κ3) is 2.04. The van der Waals surface area contributed by atoms with Gasteiger partial charge in [-0.1, -0.05) is 0 Å². The minimum Gasteiger partial charge on any atom is -0.392 e. The Balaban J connectivity index is 2.29. The average molecular weight is 231 g/mol. The summed E-state index contributed by atoms with van der Waals surface area (Å²) in [6.45, 7) is 1.50. The first-order chi connectivity index (χ1) is 6.97. The van der Waals surface area contributed by atoms with Crippen LogP contribution in [-0.4, -0.2) is 29.3 Å². The Morgan fingerprint density at radius 2 is 2.33 bits per heavy atom. The van der Waals surface area contributed by atoms with Crippen LogP contribution < -0.4 is 4.72 Å². The largest absolute Gasteiger partial charge is 0.392 e. The summed E-state index contributed by atoms with van der Waals surface area (Å²) in [5, 5.41) is 14.9. The number of nitrogens with zero attached hydrogens (tertiary/aromatic N) is 1. The highest BCUT2D eigenvalue weighted by molar-refractivity contribution is 7.89. The second-order valence-electron chi connectivity index (χ2n) is 4.05. The molecule has 1 heterocycles. The van der Waals surface area contributed by atoms with Crippen molar-refractivity contribution in [3.63, 3.8) is 0 Å². The number of nitrogens with one attached hydrogen (secondary N) is 2. The molecular formula is C8H13N3O3S. The van der Waals surface area contributed by atoms with Crippen LogP contribution in [0, 0.1) is 0 Å². The van der Waals surface area contributed by atoms with Gasteiger partial charge in [0.25, 0.3) is 10.0 Å². The van der Waals surface area contributed by atoms with Crippen molar-refractivity contribution in [3.05, 3.63) is 11.8 Å². The van der Waals surface area contributed by atoms with Gasteiger partial charge in [0.1, 0.15) is 0 Å². The monoisotopic (exact) mass is 231 g/mol. The number of H-pyrrole nitrogens is 1. The van der Waals surface area contributed by atoms with E-state index < -0.39 is 10.0 Å². The number of sulfonamides is 1. The zero-order chi connectivity index (χ0) is 11.1. The van der Waals surface area contributed by atoms with Crippen LogP contribution in [0.3, 0.4) is 0 Å². The van der Waals surface area contributed by atoms with Gasteiger partial charge < -0.3 is 5.11 Å². The lowest BCUT2D eigenvalue weighted by Gasteiger charge is -2.11. The normalized spacial score (nSPS) is 19.1. The van der Waals surface area contributed by atoms with Crippen molar-refractivity contribution in [1.82, 2.24) is 14.9 Å². The molecule has 1 saturated carbocycles. The van der Waals surface area contributed by atoms with Gasteiger partial charge in [0.05, 0.1) is 12.8 Å². The van der Waals surface area contributed by atoms with Gasteiger partial charge in [-0.3, -0.25) is 5.10 Å². The van der Waals surface area contributed by atoms with Crippen LogP contribution in [0.4, 0.5) is 0 Å². The lowest BCUT2D eigenvalue weighted by atomic mass is 10.4. The molecule has 1 fully saturated rings. The van der Waals surface area contributed by atoms with Crippen LogP contribution in [0.5, 0.6) is 0 Å². The van der Waals surface area contributed by atoms with Crippen LogP contribution in [0.25, 0.3) is 0 Å². The molecule has 6 nitrogen and oxygen atoms in total. The van der Waals surface area contributed by atoms with Gasteiger partial charge in [-0.25, -0.2) is 13.1 Å². The van der Waals surface area contributed by atoms with Crippen molar-refractivity contribution < 1.29 is 13.5 Å². The predicted octanol–water partition coefficient (Wildman–Crippen LogP) is -0.267. The zero-order valence-electron chi connectivity index (χ0n) is 8.32. The standard InChI is InChI=1S/C8H13N3O3S/c1-8(2-3-8)11-15(13,14)7-6(5-12)4-9-10-7/h4,11-12H,2-3,5H2,1H3,(H,9,10). The summed E-state index contributed by atoms with van der Waals surface area (Å²) >= 11 is 0. The minimum absolute atomic E-state index is 0.0434. The summed E-state index contributed by atoms with van der Waals surface area (Å²) in [6, 6.07) is 0. The predicted molar refractivity (Wildman–Crippen MR) is 52.5 cm³/mol. The number of hydrogen-bond acceptors (Lipinski definition) is 4. The SMILES string of the molecule is CC1(NS(=O)(=O)c2[nH]ncc2CO)CC1. The van der Waals surface area contributed by atoms with E-state index in [0.717, 1.165) is 12.8 Å². The smallest absolute Gasteiger partial charge is 0.258 e. The first kappa shape index (κ1) is 10.6. The molecule has 7 heteroatoms. The van der Waals surface area contributed by atoms with Gasteiger partial charge in [-0.15, -0.1) is 0 Å². The molecule has 2 rings (SSSR count). The van der Waals surface area contributed by atoms with Gasteiger partial charge in [-0.05, 0) is 19.8 Å². The first-order valence-corrected chi connectivity index (χ1v) is 6.12. The number of aromatic amines is 1. The molecule has 0 spiro atoms. The van der Waals surface area contributed by atoms with E-state index in [4.69, 9.17) is 5.11 Å². The maximum atomic E-state index is 11.8. The third-order valence-electron chi connectivity index (χ3n) is 2.50. The van der Waals surface area contributed by atoms with Gasteiger partial charge >= 0.3 is 0 Å². The molecule has 1 aliphatic carbocycles. The number of rotatable bonds is 4. The lowest BCUT2D eigenvalue weighted by Crippen LogP contribution is -2.34. The van der Waals surface area contributed by atoms with Gasteiger partial charge in [0.2, 0.25) is 0 Å². The highest BCUT2D eigenvalue weighted by Crippen LogP contribution is 2.35. The minimum atomic E-state index is -3.58. The molecule has 0 aliphatic heterocycles. The van der Waals surface area contributed by atoms with E-state index in [1.54, 1.807) is 0 Å². The van der Waals surface area contributed by atoms with E-state index in [9.17, 15) is 8.42 Å². The maximum Gasteiger partial charge on any atom is 0.258 e. The van der Waals surface area contributed by atoms with E-state index in [1.165, 1.54) is 6.20 Å². The molecule has 0 amide bonds. The number of aliphatic hydroxyl groups is 1.